The van der Waals surface area contributed by atoms with Crippen molar-refractivity contribution in [1.29, 1.82) is 0 Å². The molecule has 1 aromatic carbocycles. The van der Waals surface area contributed by atoms with Crippen molar-refractivity contribution in [2.45, 2.75) is 50.6 Å². The van der Waals surface area contributed by atoms with Gasteiger partial charge in [0, 0.05) is 31.2 Å². The maximum absolute atomic E-state index is 13.0. The number of hydrogen-bond acceptors (Lipinski definition) is 6. The fraction of sp³-hybridized carbons (Fsp3) is 0.524. The molecule has 5 rings (SSSR count). The third-order valence-corrected chi connectivity index (χ3v) is 7.29. The van der Waals surface area contributed by atoms with Crippen LogP contribution in [0.4, 0.5) is 5.69 Å². The summed E-state index contributed by atoms with van der Waals surface area (Å²) in [6.07, 6.45) is 4.66. The maximum Gasteiger partial charge on any atom is 0.262 e. The monoisotopic (exact) mass is 396 g/mol. The Morgan fingerprint density at radius 2 is 1.69 bits per heavy atom. The summed E-state index contributed by atoms with van der Waals surface area (Å²) in [5.41, 5.74) is 8.07. The summed E-state index contributed by atoms with van der Waals surface area (Å²) in [5, 5.41) is 2.22. The van der Waals surface area contributed by atoms with Gasteiger partial charge >= 0.3 is 0 Å². The number of carbonyl (C=O) groups is 4. The standard InChI is InChI=1S/C21H24N4O4/c22-16-5-6-21(16)7-9-24(10-8-21)12-1-2-13-14(11-12)20(29)25(19(13)28)15-3-4-17(26)23-18(15)27/h1-2,11,15-16H,3-10,22H2,(H,23,26,27). The van der Waals surface area contributed by atoms with E-state index in [1.165, 1.54) is 6.42 Å². The van der Waals surface area contributed by atoms with Gasteiger partial charge in [-0.1, -0.05) is 0 Å². The number of carbonyl (C=O) groups excluding carboxylic acids is 4. The number of nitrogens with two attached hydrogens (primary N) is 1. The lowest BCUT2D eigenvalue weighted by Gasteiger charge is -2.53. The Labute approximate surface area is 168 Å². The van der Waals surface area contributed by atoms with Gasteiger partial charge in [-0.2, -0.15) is 0 Å². The van der Waals surface area contributed by atoms with Gasteiger partial charge in [0.15, 0.2) is 0 Å². The molecule has 1 saturated carbocycles. The molecular formula is C21H24N4O4. The molecule has 2 atom stereocenters. The zero-order chi connectivity index (χ0) is 20.3. The van der Waals surface area contributed by atoms with Crippen molar-refractivity contribution >= 4 is 29.3 Å². The van der Waals surface area contributed by atoms with Gasteiger partial charge in [0.05, 0.1) is 11.1 Å². The number of rotatable bonds is 2. The van der Waals surface area contributed by atoms with Crippen molar-refractivity contribution in [3.63, 3.8) is 0 Å². The number of nitrogens with zero attached hydrogens (tertiary/aromatic N) is 2. The number of fused-ring (bicyclic) bond motifs is 1. The summed E-state index contributed by atoms with van der Waals surface area (Å²) >= 11 is 0. The third-order valence-electron chi connectivity index (χ3n) is 7.29. The molecule has 0 aromatic heterocycles. The SMILES string of the molecule is NC1CCC12CCN(c1ccc3c(c1)C(=O)N(C1CCC(=O)NC1=O)C3=O)CC2. The summed E-state index contributed by atoms with van der Waals surface area (Å²) in [6, 6.07) is 4.68. The maximum atomic E-state index is 13.0. The molecule has 3 N–H and O–H groups in total. The van der Waals surface area contributed by atoms with E-state index in [0.29, 0.717) is 17.2 Å². The van der Waals surface area contributed by atoms with Crippen molar-refractivity contribution in [2.24, 2.45) is 11.1 Å². The number of piperidine rings is 2. The van der Waals surface area contributed by atoms with Crippen LogP contribution in [0.5, 0.6) is 0 Å². The van der Waals surface area contributed by atoms with Crippen LogP contribution in [0, 0.1) is 5.41 Å². The van der Waals surface area contributed by atoms with Crippen LogP contribution in [0.1, 0.15) is 59.2 Å². The summed E-state index contributed by atoms with van der Waals surface area (Å²) in [6.45, 7) is 1.76. The molecule has 4 amide bonds. The van der Waals surface area contributed by atoms with E-state index in [9.17, 15) is 19.2 Å². The first kappa shape index (κ1) is 18.3. The van der Waals surface area contributed by atoms with Gasteiger partial charge < -0.3 is 10.6 Å². The lowest BCUT2D eigenvalue weighted by molar-refractivity contribution is -0.136. The highest BCUT2D eigenvalue weighted by Crippen LogP contribution is 2.48. The van der Waals surface area contributed by atoms with E-state index in [2.05, 4.69) is 10.2 Å². The quantitative estimate of drug-likeness (QED) is 0.715. The van der Waals surface area contributed by atoms with E-state index >= 15 is 0 Å². The fourth-order valence-electron chi connectivity index (χ4n) is 5.21. The highest BCUT2D eigenvalue weighted by Gasteiger charge is 2.47. The van der Waals surface area contributed by atoms with E-state index in [0.717, 1.165) is 42.9 Å². The van der Waals surface area contributed by atoms with E-state index in [-0.39, 0.29) is 24.2 Å². The molecule has 2 unspecified atom stereocenters. The molecule has 3 fully saturated rings. The Bertz CT molecular complexity index is 935. The van der Waals surface area contributed by atoms with Crippen molar-refractivity contribution in [1.82, 2.24) is 10.2 Å². The molecule has 0 bridgehead atoms. The second-order valence-electron chi connectivity index (χ2n) is 8.67. The Kier molecular flexibility index (Phi) is 4.03. The Morgan fingerprint density at radius 3 is 2.31 bits per heavy atom. The number of benzene rings is 1. The van der Waals surface area contributed by atoms with Gasteiger partial charge in [-0.15, -0.1) is 0 Å². The van der Waals surface area contributed by atoms with Crippen LogP contribution in [0.15, 0.2) is 18.2 Å². The normalized spacial score (nSPS) is 28.4. The summed E-state index contributed by atoms with van der Waals surface area (Å²) < 4.78 is 0. The van der Waals surface area contributed by atoms with Gasteiger partial charge in [-0.3, -0.25) is 29.4 Å². The first-order chi connectivity index (χ1) is 13.9. The van der Waals surface area contributed by atoms with Gasteiger partial charge in [-0.25, -0.2) is 0 Å². The first-order valence-corrected chi connectivity index (χ1v) is 10.3. The summed E-state index contributed by atoms with van der Waals surface area (Å²) in [5.74, 6) is -1.90. The van der Waals surface area contributed by atoms with Gasteiger partial charge in [0.1, 0.15) is 6.04 Å². The molecule has 4 aliphatic rings. The number of imide groups is 2. The largest absolute Gasteiger partial charge is 0.371 e. The highest BCUT2D eigenvalue weighted by molar-refractivity contribution is 6.23. The fourth-order valence-corrected chi connectivity index (χ4v) is 5.21. The first-order valence-electron chi connectivity index (χ1n) is 10.3. The Morgan fingerprint density at radius 1 is 0.966 bits per heavy atom. The minimum absolute atomic E-state index is 0.118. The summed E-state index contributed by atoms with van der Waals surface area (Å²) in [4.78, 5) is 52.6. The van der Waals surface area contributed by atoms with E-state index in [1.54, 1.807) is 12.1 Å². The zero-order valence-electron chi connectivity index (χ0n) is 16.1. The third kappa shape index (κ3) is 2.69. The Hall–Kier alpha value is -2.74. The number of amides is 4. The average Bonchev–Trinajstić information content (AvgIpc) is 2.97. The molecule has 0 radical (unpaired) electrons. The van der Waals surface area contributed by atoms with Crippen molar-refractivity contribution < 1.29 is 19.2 Å². The van der Waals surface area contributed by atoms with Crippen molar-refractivity contribution in [2.75, 3.05) is 18.0 Å². The van der Waals surface area contributed by atoms with E-state index in [4.69, 9.17) is 5.73 Å². The van der Waals surface area contributed by atoms with Crippen molar-refractivity contribution in [3.05, 3.63) is 29.3 Å². The molecule has 3 heterocycles. The predicted octanol–water partition coefficient (Wildman–Crippen LogP) is 0.795. The van der Waals surface area contributed by atoms with Crippen LogP contribution in [0.25, 0.3) is 0 Å². The van der Waals surface area contributed by atoms with E-state index in [1.807, 2.05) is 6.07 Å². The topological polar surface area (TPSA) is 113 Å². The molecule has 8 nitrogen and oxygen atoms in total. The molecule has 152 valence electrons. The van der Waals surface area contributed by atoms with Crippen LogP contribution in [0.3, 0.4) is 0 Å². The Balaban J connectivity index is 1.36. The zero-order valence-corrected chi connectivity index (χ0v) is 16.1. The minimum Gasteiger partial charge on any atom is -0.371 e. The number of nitrogens with one attached hydrogen (secondary N) is 1. The van der Waals surface area contributed by atoms with Gasteiger partial charge in [0.25, 0.3) is 11.8 Å². The van der Waals surface area contributed by atoms with Crippen LogP contribution in [0.2, 0.25) is 0 Å². The minimum atomic E-state index is -0.932. The molecule has 3 aliphatic heterocycles. The van der Waals surface area contributed by atoms with Crippen LogP contribution in [-0.4, -0.2) is 53.7 Å². The molecule has 1 aromatic rings. The summed E-state index contributed by atoms with van der Waals surface area (Å²) in [7, 11) is 0. The second kappa shape index (κ2) is 6.38. The molecule has 1 aliphatic carbocycles. The highest BCUT2D eigenvalue weighted by atomic mass is 16.2. The van der Waals surface area contributed by atoms with E-state index < -0.39 is 23.8 Å². The number of anilines is 1. The lowest BCUT2D eigenvalue weighted by atomic mass is 9.60. The molecule has 8 heteroatoms. The average molecular weight is 396 g/mol. The van der Waals surface area contributed by atoms with Crippen LogP contribution >= 0.6 is 0 Å². The van der Waals surface area contributed by atoms with Crippen LogP contribution in [-0.2, 0) is 9.59 Å². The van der Waals surface area contributed by atoms with Gasteiger partial charge in [-0.05, 0) is 55.7 Å². The smallest absolute Gasteiger partial charge is 0.262 e. The molecular weight excluding hydrogens is 372 g/mol. The lowest BCUT2D eigenvalue weighted by Crippen LogP contribution is -2.56. The van der Waals surface area contributed by atoms with Gasteiger partial charge in [0.2, 0.25) is 11.8 Å². The molecule has 29 heavy (non-hydrogen) atoms. The molecule has 1 spiro atoms. The number of hydrogen-bond donors (Lipinski definition) is 2. The van der Waals surface area contributed by atoms with Crippen molar-refractivity contribution in [3.8, 4) is 0 Å². The van der Waals surface area contributed by atoms with Crippen LogP contribution < -0.4 is 16.0 Å². The molecule has 2 saturated heterocycles. The second-order valence-corrected chi connectivity index (χ2v) is 8.67. The predicted molar refractivity (Wildman–Crippen MR) is 104 cm³/mol.